The van der Waals surface area contributed by atoms with Gasteiger partial charge in [-0.2, -0.15) is 0 Å². The standard InChI is InChI=1S/C30H36O8/c1-7-10-29-16-30(35)18(28(5,25(29)34)19(13-21(31)36-6)26(2,3)24(29)33)8-11-27(4)20(30)14-22(32)38-23(27)17-9-12-37-15-17/h7,9,12,14-15,18-19,23,35H,1,8,10-11,13,16H2,2-6H3/t18-,19+,23+,27-,28-,29+,30-/m1/s1. The van der Waals surface area contributed by atoms with Crippen molar-refractivity contribution in [3.63, 3.8) is 0 Å². The number of rotatable bonds is 5. The molecule has 1 aromatic rings. The van der Waals surface area contributed by atoms with Gasteiger partial charge in [0.05, 0.1) is 37.1 Å². The smallest absolute Gasteiger partial charge is 0.331 e. The van der Waals surface area contributed by atoms with Gasteiger partial charge in [0.15, 0.2) is 11.6 Å². The topological polar surface area (TPSA) is 120 Å². The highest BCUT2D eigenvalue weighted by molar-refractivity contribution is 6.15. The Morgan fingerprint density at radius 2 is 1.92 bits per heavy atom. The first-order chi connectivity index (χ1) is 17.7. The summed E-state index contributed by atoms with van der Waals surface area (Å²) in [5.41, 5.74) is -5.13. The van der Waals surface area contributed by atoms with Gasteiger partial charge in [0.2, 0.25) is 0 Å². The fourth-order valence-electron chi connectivity index (χ4n) is 8.88. The minimum Gasteiger partial charge on any atom is -0.472 e. The summed E-state index contributed by atoms with van der Waals surface area (Å²) in [5, 5.41) is 12.8. The summed E-state index contributed by atoms with van der Waals surface area (Å²) in [6, 6.07) is 1.74. The number of carbonyl (C=O) groups is 4. The molecule has 3 saturated carbocycles. The number of carbonyl (C=O) groups excluding carboxylic acids is 4. The fourth-order valence-corrected chi connectivity index (χ4v) is 8.88. The van der Waals surface area contributed by atoms with Crippen LogP contribution >= 0.6 is 0 Å². The molecule has 8 heteroatoms. The Hall–Kier alpha value is -3.00. The van der Waals surface area contributed by atoms with E-state index in [0.29, 0.717) is 24.0 Å². The Balaban J connectivity index is 1.75. The third-order valence-electron chi connectivity index (χ3n) is 10.5. The van der Waals surface area contributed by atoms with Crippen molar-refractivity contribution in [3.8, 4) is 0 Å². The lowest BCUT2D eigenvalue weighted by Crippen LogP contribution is -2.75. The molecule has 1 aliphatic heterocycles. The summed E-state index contributed by atoms with van der Waals surface area (Å²) in [7, 11) is 1.28. The van der Waals surface area contributed by atoms with Crippen molar-refractivity contribution < 1.29 is 38.2 Å². The van der Waals surface area contributed by atoms with Crippen LogP contribution < -0.4 is 0 Å². The molecule has 0 aromatic carbocycles. The molecule has 0 unspecified atom stereocenters. The molecule has 3 aliphatic carbocycles. The van der Waals surface area contributed by atoms with E-state index < -0.39 is 57.1 Å². The maximum absolute atomic E-state index is 14.5. The number of ether oxygens (including phenoxy) is 2. The van der Waals surface area contributed by atoms with Crippen LogP contribution in [0.15, 0.2) is 47.3 Å². The van der Waals surface area contributed by atoms with Crippen LogP contribution in [-0.4, -0.2) is 41.3 Å². The van der Waals surface area contributed by atoms with Gasteiger partial charge in [0, 0.05) is 40.2 Å². The number of aliphatic hydroxyl groups is 1. The fraction of sp³-hybridized carbons (Fsp3) is 0.600. The normalized spacial score (nSPS) is 41.4. The summed E-state index contributed by atoms with van der Waals surface area (Å²) in [6.07, 6.45) is 5.97. The van der Waals surface area contributed by atoms with Crippen molar-refractivity contribution in [1.29, 1.82) is 0 Å². The van der Waals surface area contributed by atoms with Gasteiger partial charge in [-0.15, -0.1) is 6.58 Å². The highest BCUT2D eigenvalue weighted by Crippen LogP contribution is 2.72. The van der Waals surface area contributed by atoms with E-state index in [1.165, 1.54) is 25.7 Å². The molecule has 7 atom stereocenters. The number of hydrogen-bond acceptors (Lipinski definition) is 8. The van der Waals surface area contributed by atoms with E-state index in [-0.39, 0.29) is 30.8 Å². The zero-order chi connectivity index (χ0) is 27.9. The van der Waals surface area contributed by atoms with E-state index in [9.17, 15) is 24.3 Å². The molecule has 2 heterocycles. The van der Waals surface area contributed by atoms with Crippen molar-refractivity contribution in [1.82, 2.24) is 0 Å². The third kappa shape index (κ3) is 3.12. The third-order valence-corrected chi connectivity index (χ3v) is 10.5. The van der Waals surface area contributed by atoms with E-state index in [2.05, 4.69) is 6.58 Å². The van der Waals surface area contributed by atoms with Gasteiger partial charge in [-0.25, -0.2) is 4.79 Å². The number of furan rings is 1. The van der Waals surface area contributed by atoms with Gasteiger partial charge in [-0.05, 0) is 36.8 Å². The first-order valence-corrected chi connectivity index (χ1v) is 13.2. The molecule has 8 nitrogen and oxygen atoms in total. The second-order valence-electron chi connectivity index (χ2n) is 12.6. The predicted octanol–water partition coefficient (Wildman–Crippen LogP) is 4.28. The summed E-state index contributed by atoms with van der Waals surface area (Å²) in [6.45, 7) is 11.2. The molecule has 38 heavy (non-hydrogen) atoms. The quantitative estimate of drug-likeness (QED) is 0.344. The number of Topliss-reactive ketones (excluding diaryl/α,β-unsaturated/α-hetero) is 2. The van der Waals surface area contributed by atoms with Gasteiger partial charge < -0.3 is 19.0 Å². The summed E-state index contributed by atoms with van der Waals surface area (Å²) in [5.74, 6) is -3.02. The first kappa shape index (κ1) is 26.6. The lowest BCUT2D eigenvalue weighted by atomic mass is 9.34. The van der Waals surface area contributed by atoms with Gasteiger partial charge in [0.1, 0.15) is 6.10 Å². The second kappa shape index (κ2) is 8.25. The van der Waals surface area contributed by atoms with Crippen LogP contribution in [0.1, 0.15) is 71.5 Å². The summed E-state index contributed by atoms with van der Waals surface area (Å²) in [4.78, 5) is 54.4. The van der Waals surface area contributed by atoms with E-state index in [0.717, 1.165) is 0 Å². The van der Waals surface area contributed by atoms with Crippen LogP contribution in [0.3, 0.4) is 0 Å². The molecule has 0 radical (unpaired) electrons. The molecular weight excluding hydrogens is 488 g/mol. The van der Waals surface area contributed by atoms with Crippen LogP contribution in [0, 0.1) is 33.5 Å². The minimum absolute atomic E-state index is 0.0588. The van der Waals surface area contributed by atoms with Gasteiger partial charge in [0.25, 0.3) is 0 Å². The van der Waals surface area contributed by atoms with Crippen LogP contribution in [0.25, 0.3) is 0 Å². The van der Waals surface area contributed by atoms with E-state index in [1.807, 2.05) is 6.92 Å². The molecule has 204 valence electrons. The number of ketones is 2. The molecule has 3 fully saturated rings. The van der Waals surface area contributed by atoms with E-state index >= 15 is 0 Å². The predicted molar refractivity (Wildman–Crippen MR) is 135 cm³/mol. The number of cyclic esters (lactones) is 1. The molecule has 0 amide bonds. The Morgan fingerprint density at radius 1 is 1.21 bits per heavy atom. The molecule has 1 N–H and O–H groups in total. The van der Waals surface area contributed by atoms with Gasteiger partial charge >= 0.3 is 11.9 Å². The summed E-state index contributed by atoms with van der Waals surface area (Å²) >= 11 is 0. The Labute approximate surface area is 222 Å². The maximum Gasteiger partial charge on any atom is 0.331 e. The Bertz CT molecular complexity index is 1260. The second-order valence-corrected chi connectivity index (χ2v) is 12.6. The Morgan fingerprint density at radius 3 is 2.53 bits per heavy atom. The average molecular weight is 525 g/mol. The van der Waals surface area contributed by atoms with Crippen molar-refractivity contribution in [2.24, 2.45) is 33.5 Å². The molecule has 1 aromatic heterocycles. The minimum atomic E-state index is -1.67. The number of methoxy groups -OCH3 is 1. The molecule has 2 bridgehead atoms. The molecule has 4 aliphatic rings. The zero-order valence-electron chi connectivity index (χ0n) is 22.7. The number of esters is 2. The molecular formula is C30H36O8. The van der Waals surface area contributed by atoms with Crippen molar-refractivity contribution in [2.75, 3.05) is 7.11 Å². The van der Waals surface area contributed by atoms with Crippen molar-refractivity contribution >= 4 is 23.5 Å². The van der Waals surface area contributed by atoms with Crippen LogP contribution in [0.4, 0.5) is 0 Å². The highest BCUT2D eigenvalue weighted by atomic mass is 16.5. The summed E-state index contributed by atoms with van der Waals surface area (Å²) < 4.78 is 16.0. The van der Waals surface area contributed by atoms with Gasteiger partial charge in [-0.3, -0.25) is 14.4 Å². The molecule has 5 rings (SSSR count). The van der Waals surface area contributed by atoms with Gasteiger partial charge in [-0.1, -0.05) is 33.8 Å². The lowest BCUT2D eigenvalue weighted by molar-refractivity contribution is -0.220. The number of fused-ring (bicyclic) bond motifs is 6. The van der Waals surface area contributed by atoms with Crippen LogP contribution in [0.2, 0.25) is 0 Å². The average Bonchev–Trinajstić information content (AvgIpc) is 3.39. The Kier molecular flexibility index (Phi) is 5.77. The highest BCUT2D eigenvalue weighted by Gasteiger charge is 2.77. The zero-order valence-corrected chi connectivity index (χ0v) is 22.7. The number of allylic oxidation sites excluding steroid dienone is 1. The first-order valence-electron chi connectivity index (χ1n) is 13.2. The van der Waals surface area contributed by atoms with Crippen LogP contribution in [0.5, 0.6) is 0 Å². The van der Waals surface area contributed by atoms with Crippen molar-refractivity contribution in [3.05, 3.63) is 48.5 Å². The van der Waals surface area contributed by atoms with E-state index in [1.54, 1.807) is 32.9 Å². The SMILES string of the molecule is C=CC[C@@]12C[C@]3(O)C4=CC(=O)O[C@@H](c5ccoc5)[C@]4(C)CC[C@@H]3[C@@](C)(C1=O)[C@@H](CC(=O)OC)C(C)(C)C2=O. The molecule has 0 saturated heterocycles. The lowest BCUT2D eigenvalue weighted by Gasteiger charge is -2.68. The maximum atomic E-state index is 14.5. The molecule has 0 spiro atoms. The van der Waals surface area contributed by atoms with Crippen LogP contribution in [-0.2, 0) is 28.7 Å². The largest absolute Gasteiger partial charge is 0.472 e. The van der Waals surface area contributed by atoms with E-state index in [4.69, 9.17) is 13.9 Å². The number of hydrogen-bond donors (Lipinski definition) is 1. The monoisotopic (exact) mass is 524 g/mol. The van der Waals surface area contributed by atoms with Crippen molar-refractivity contribution in [2.45, 2.75) is 71.5 Å².